The van der Waals surface area contributed by atoms with Crippen LogP contribution in [0.1, 0.15) is 55.4 Å². The number of piperidine rings is 1. The second-order valence-electron chi connectivity index (χ2n) is 6.55. The van der Waals surface area contributed by atoms with Gasteiger partial charge < -0.3 is 0 Å². The molecule has 0 aromatic heterocycles. The lowest BCUT2D eigenvalue weighted by Crippen LogP contribution is -2.47. The van der Waals surface area contributed by atoms with Crippen LogP contribution in [0.4, 0.5) is 0 Å². The standard InChI is InChI=1S/C17H27NO2S/c1-11-10-12(2)16(6)17(15(11)5)21(19,20)18-13(3)8-7-9-14(18)4/h10,13-14H,7-9H2,1-6H3/t13-,14-/m0/s1. The topological polar surface area (TPSA) is 37.4 Å². The summed E-state index contributed by atoms with van der Waals surface area (Å²) in [5.74, 6) is 0. The number of rotatable bonds is 2. The first-order valence-electron chi connectivity index (χ1n) is 7.78. The van der Waals surface area contributed by atoms with Crippen molar-refractivity contribution in [1.82, 2.24) is 4.31 Å². The molecule has 0 radical (unpaired) electrons. The Kier molecular flexibility index (Phi) is 4.50. The lowest BCUT2D eigenvalue weighted by atomic mass is 10.0. The molecule has 118 valence electrons. The summed E-state index contributed by atoms with van der Waals surface area (Å²) >= 11 is 0. The molecule has 1 heterocycles. The van der Waals surface area contributed by atoms with E-state index in [0.29, 0.717) is 4.90 Å². The maximum absolute atomic E-state index is 13.3. The molecule has 0 N–H and O–H groups in total. The SMILES string of the molecule is Cc1cc(C)c(C)c(S(=O)(=O)N2[C@@H](C)CCC[C@@H]2C)c1C. The summed E-state index contributed by atoms with van der Waals surface area (Å²) in [5, 5.41) is 0. The minimum atomic E-state index is -3.43. The summed E-state index contributed by atoms with van der Waals surface area (Å²) in [6, 6.07) is 2.24. The average molecular weight is 309 g/mol. The first kappa shape index (κ1) is 16.5. The first-order valence-corrected chi connectivity index (χ1v) is 9.23. The van der Waals surface area contributed by atoms with Crippen LogP contribution in [0.25, 0.3) is 0 Å². The Bertz CT molecular complexity index is 613. The summed E-state index contributed by atoms with van der Waals surface area (Å²) in [7, 11) is -3.43. The molecular formula is C17H27NO2S. The molecular weight excluding hydrogens is 282 g/mol. The van der Waals surface area contributed by atoms with Gasteiger partial charge in [-0.1, -0.05) is 12.5 Å². The van der Waals surface area contributed by atoms with Crippen molar-refractivity contribution in [2.45, 2.75) is 77.8 Å². The third kappa shape index (κ3) is 2.76. The van der Waals surface area contributed by atoms with E-state index in [1.165, 1.54) is 0 Å². The van der Waals surface area contributed by atoms with Gasteiger partial charge in [0.25, 0.3) is 0 Å². The monoisotopic (exact) mass is 309 g/mol. The highest BCUT2D eigenvalue weighted by Crippen LogP contribution is 2.34. The van der Waals surface area contributed by atoms with Crippen molar-refractivity contribution in [2.24, 2.45) is 0 Å². The van der Waals surface area contributed by atoms with Crippen LogP contribution in [0.3, 0.4) is 0 Å². The summed E-state index contributed by atoms with van der Waals surface area (Å²) in [6.45, 7) is 11.9. The predicted octanol–water partition coefficient (Wildman–Crippen LogP) is 3.87. The van der Waals surface area contributed by atoms with E-state index in [-0.39, 0.29) is 12.1 Å². The number of sulfonamides is 1. The fourth-order valence-electron chi connectivity index (χ4n) is 3.54. The van der Waals surface area contributed by atoms with Crippen LogP contribution in [0.5, 0.6) is 0 Å². The molecule has 1 aliphatic rings. The molecule has 1 aliphatic heterocycles. The van der Waals surface area contributed by atoms with Gasteiger partial charge in [0.15, 0.2) is 0 Å². The van der Waals surface area contributed by atoms with Gasteiger partial charge in [0, 0.05) is 12.1 Å². The zero-order valence-electron chi connectivity index (χ0n) is 14.0. The van der Waals surface area contributed by atoms with E-state index < -0.39 is 10.0 Å². The number of hydrogen-bond acceptors (Lipinski definition) is 2. The zero-order chi connectivity index (χ0) is 15.9. The van der Waals surface area contributed by atoms with Crippen molar-refractivity contribution in [3.05, 3.63) is 28.3 Å². The normalized spacial score (nSPS) is 24.3. The van der Waals surface area contributed by atoms with E-state index in [4.69, 9.17) is 0 Å². The first-order chi connectivity index (χ1) is 9.67. The van der Waals surface area contributed by atoms with Crippen molar-refractivity contribution < 1.29 is 8.42 Å². The summed E-state index contributed by atoms with van der Waals surface area (Å²) in [4.78, 5) is 0.528. The van der Waals surface area contributed by atoms with E-state index in [1.54, 1.807) is 4.31 Å². The van der Waals surface area contributed by atoms with Crippen molar-refractivity contribution in [1.29, 1.82) is 0 Å². The molecule has 2 rings (SSSR count). The predicted molar refractivity (Wildman–Crippen MR) is 87.2 cm³/mol. The van der Waals surface area contributed by atoms with E-state index in [1.807, 2.05) is 41.5 Å². The molecule has 1 saturated heterocycles. The second kappa shape index (κ2) is 5.73. The minimum Gasteiger partial charge on any atom is -0.207 e. The van der Waals surface area contributed by atoms with Crippen LogP contribution >= 0.6 is 0 Å². The van der Waals surface area contributed by atoms with Crippen molar-refractivity contribution >= 4 is 10.0 Å². The van der Waals surface area contributed by atoms with Gasteiger partial charge in [0.05, 0.1) is 4.90 Å². The Labute approximate surface area is 129 Å². The number of aryl methyl sites for hydroxylation is 2. The number of hydrogen-bond donors (Lipinski definition) is 0. The largest absolute Gasteiger partial charge is 0.244 e. The molecule has 0 bridgehead atoms. The van der Waals surface area contributed by atoms with Gasteiger partial charge in [-0.3, -0.25) is 0 Å². The highest BCUT2D eigenvalue weighted by atomic mass is 32.2. The molecule has 0 aliphatic carbocycles. The summed E-state index contributed by atoms with van der Waals surface area (Å²) in [6.07, 6.45) is 3.01. The van der Waals surface area contributed by atoms with Crippen LogP contribution in [0, 0.1) is 27.7 Å². The van der Waals surface area contributed by atoms with Crippen molar-refractivity contribution in [3.8, 4) is 0 Å². The fraction of sp³-hybridized carbons (Fsp3) is 0.647. The summed E-state index contributed by atoms with van der Waals surface area (Å²) < 4.78 is 28.3. The smallest absolute Gasteiger partial charge is 0.207 e. The Hall–Kier alpha value is -0.870. The van der Waals surface area contributed by atoms with Crippen LogP contribution in [-0.2, 0) is 10.0 Å². The molecule has 1 aromatic carbocycles. The Morgan fingerprint density at radius 2 is 1.38 bits per heavy atom. The quantitative estimate of drug-likeness (QED) is 0.831. The van der Waals surface area contributed by atoms with Crippen molar-refractivity contribution in [3.63, 3.8) is 0 Å². The van der Waals surface area contributed by atoms with Gasteiger partial charge in [-0.2, -0.15) is 4.31 Å². The molecule has 0 spiro atoms. The van der Waals surface area contributed by atoms with Crippen LogP contribution in [0.2, 0.25) is 0 Å². The van der Waals surface area contributed by atoms with E-state index in [9.17, 15) is 8.42 Å². The fourth-order valence-corrected chi connectivity index (χ4v) is 6.01. The van der Waals surface area contributed by atoms with Gasteiger partial charge in [-0.15, -0.1) is 0 Å². The van der Waals surface area contributed by atoms with E-state index in [2.05, 4.69) is 6.07 Å². The summed E-state index contributed by atoms with van der Waals surface area (Å²) in [5.41, 5.74) is 3.88. The van der Waals surface area contributed by atoms with Gasteiger partial charge >= 0.3 is 0 Å². The molecule has 1 aromatic rings. The molecule has 0 amide bonds. The Morgan fingerprint density at radius 3 is 1.81 bits per heavy atom. The van der Waals surface area contributed by atoms with Crippen molar-refractivity contribution in [2.75, 3.05) is 0 Å². The number of nitrogens with zero attached hydrogens (tertiary/aromatic N) is 1. The van der Waals surface area contributed by atoms with Crippen LogP contribution in [0.15, 0.2) is 11.0 Å². The lowest BCUT2D eigenvalue weighted by molar-refractivity contribution is 0.204. The average Bonchev–Trinajstić information content (AvgIpc) is 2.36. The maximum atomic E-state index is 13.3. The van der Waals surface area contributed by atoms with Gasteiger partial charge in [0.2, 0.25) is 10.0 Å². The van der Waals surface area contributed by atoms with Gasteiger partial charge in [-0.25, -0.2) is 8.42 Å². The Morgan fingerprint density at radius 1 is 0.952 bits per heavy atom. The molecule has 4 heteroatoms. The minimum absolute atomic E-state index is 0.0818. The van der Waals surface area contributed by atoms with Gasteiger partial charge in [0.1, 0.15) is 0 Å². The third-order valence-electron chi connectivity index (χ3n) is 4.95. The van der Waals surface area contributed by atoms with Crippen LogP contribution < -0.4 is 0 Å². The molecule has 2 atom stereocenters. The van der Waals surface area contributed by atoms with E-state index in [0.717, 1.165) is 41.5 Å². The lowest BCUT2D eigenvalue weighted by Gasteiger charge is -2.38. The molecule has 1 fully saturated rings. The zero-order valence-corrected chi connectivity index (χ0v) is 14.8. The maximum Gasteiger partial charge on any atom is 0.244 e. The molecule has 0 saturated carbocycles. The number of benzene rings is 1. The Balaban J connectivity index is 2.64. The van der Waals surface area contributed by atoms with E-state index >= 15 is 0 Å². The highest BCUT2D eigenvalue weighted by molar-refractivity contribution is 7.89. The second-order valence-corrected chi connectivity index (χ2v) is 8.33. The van der Waals surface area contributed by atoms with Gasteiger partial charge in [-0.05, 0) is 76.6 Å². The third-order valence-corrected chi connectivity index (χ3v) is 7.35. The van der Waals surface area contributed by atoms with Crippen LogP contribution in [-0.4, -0.2) is 24.8 Å². The molecule has 21 heavy (non-hydrogen) atoms. The highest BCUT2D eigenvalue weighted by Gasteiger charge is 2.37. The molecule has 0 unspecified atom stereocenters. The molecule has 3 nitrogen and oxygen atoms in total.